The monoisotopic (exact) mass is 398 g/mol. The number of aliphatic imine (C=N–C) groups is 1. The third-order valence-electron chi connectivity index (χ3n) is 4.86. The number of nitrogens with zero attached hydrogens (tertiary/aromatic N) is 1. The van der Waals surface area contributed by atoms with Crippen molar-refractivity contribution in [3.8, 4) is 0 Å². The molecule has 0 spiro atoms. The summed E-state index contributed by atoms with van der Waals surface area (Å²) >= 11 is 0. The molecule has 0 heterocycles. The van der Waals surface area contributed by atoms with Crippen LogP contribution in [0.1, 0.15) is 73.6 Å². The van der Waals surface area contributed by atoms with Gasteiger partial charge < -0.3 is 25.4 Å². The van der Waals surface area contributed by atoms with E-state index in [0.717, 1.165) is 51.2 Å². The Morgan fingerprint density at radius 3 is 2.14 bits per heavy atom. The summed E-state index contributed by atoms with van der Waals surface area (Å²) in [5.41, 5.74) is -0.461. The lowest BCUT2D eigenvalue weighted by atomic mass is 9.91. The van der Waals surface area contributed by atoms with Crippen LogP contribution in [-0.4, -0.2) is 56.0 Å². The first-order valence-electron chi connectivity index (χ1n) is 10.7. The van der Waals surface area contributed by atoms with Gasteiger partial charge in [0.05, 0.1) is 6.10 Å². The van der Waals surface area contributed by atoms with Gasteiger partial charge >= 0.3 is 6.09 Å². The van der Waals surface area contributed by atoms with E-state index in [4.69, 9.17) is 9.47 Å². The molecule has 1 fully saturated rings. The van der Waals surface area contributed by atoms with Crippen molar-refractivity contribution in [1.29, 1.82) is 0 Å². The second-order valence-electron chi connectivity index (χ2n) is 8.86. The molecular formula is C21H42N4O3. The molecule has 1 aliphatic carbocycles. The van der Waals surface area contributed by atoms with Crippen molar-refractivity contribution in [1.82, 2.24) is 16.0 Å². The summed E-state index contributed by atoms with van der Waals surface area (Å²) in [6.45, 7) is 13.6. The summed E-state index contributed by atoms with van der Waals surface area (Å²) in [5, 5.41) is 9.89. The van der Waals surface area contributed by atoms with E-state index >= 15 is 0 Å². The first-order valence-corrected chi connectivity index (χ1v) is 10.7. The highest BCUT2D eigenvalue weighted by Crippen LogP contribution is 2.19. The Morgan fingerprint density at radius 1 is 1.11 bits per heavy atom. The van der Waals surface area contributed by atoms with E-state index in [-0.39, 0.29) is 18.2 Å². The summed E-state index contributed by atoms with van der Waals surface area (Å²) in [7, 11) is 1.80. The van der Waals surface area contributed by atoms with Crippen molar-refractivity contribution in [3.63, 3.8) is 0 Å². The van der Waals surface area contributed by atoms with Gasteiger partial charge in [-0.15, -0.1) is 0 Å². The Bertz CT molecular complexity index is 481. The molecule has 0 radical (unpaired) electrons. The Labute approximate surface area is 171 Å². The van der Waals surface area contributed by atoms with E-state index in [1.165, 1.54) is 0 Å². The van der Waals surface area contributed by atoms with Crippen LogP contribution in [0.3, 0.4) is 0 Å². The number of carbonyl (C=O) groups is 1. The molecule has 1 atom stereocenters. The highest BCUT2D eigenvalue weighted by Gasteiger charge is 2.25. The third-order valence-corrected chi connectivity index (χ3v) is 4.86. The van der Waals surface area contributed by atoms with Crippen LogP contribution in [0.2, 0.25) is 0 Å². The second kappa shape index (κ2) is 12.1. The lowest BCUT2D eigenvalue weighted by molar-refractivity contribution is 0.0258. The standard InChI is InChI=1S/C21H42N4O3/c1-8-27-18(15(2)3)13-14-23-19(22-7)24-16-9-11-17(12-10-16)25-20(26)28-21(4,5)6/h15-18H,8-14H2,1-7H3,(H,25,26)(H2,22,23,24). The molecule has 0 aromatic rings. The molecule has 1 amide bonds. The van der Waals surface area contributed by atoms with Crippen LogP contribution in [0.5, 0.6) is 0 Å². The summed E-state index contributed by atoms with van der Waals surface area (Å²) in [6, 6.07) is 0.552. The van der Waals surface area contributed by atoms with Crippen LogP contribution in [0, 0.1) is 5.92 Å². The van der Waals surface area contributed by atoms with E-state index in [1.807, 2.05) is 27.7 Å². The van der Waals surface area contributed by atoms with Gasteiger partial charge in [0.1, 0.15) is 5.60 Å². The number of hydrogen-bond acceptors (Lipinski definition) is 4. The average molecular weight is 399 g/mol. The van der Waals surface area contributed by atoms with E-state index in [1.54, 1.807) is 7.05 Å². The molecule has 3 N–H and O–H groups in total. The predicted molar refractivity (Wildman–Crippen MR) is 115 cm³/mol. The molecule has 0 aromatic carbocycles. The van der Waals surface area contributed by atoms with Gasteiger partial charge in [-0.3, -0.25) is 4.99 Å². The molecule has 0 aromatic heterocycles. The Kier molecular flexibility index (Phi) is 10.6. The minimum absolute atomic E-state index is 0.181. The van der Waals surface area contributed by atoms with Crippen LogP contribution in [0.4, 0.5) is 4.79 Å². The van der Waals surface area contributed by atoms with Gasteiger partial charge in [-0.2, -0.15) is 0 Å². The van der Waals surface area contributed by atoms with Crippen molar-refractivity contribution < 1.29 is 14.3 Å². The van der Waals surface area contributed by atoms with E-state index in [0.29, 0.717) is 12.0 Å². The normalized spacial score (nSPS) is 21.9. The first kappa shape index (κ1) is 24.5. The zero-order valence-corrected chi connectivity index (χ0v) is 18.9. The third kappa shape index (κ3) is 10.2. The number of amides is 1. The highest BCUT2D eigenvalue weighted by atomic mass is 16.6. The van der Waals surface area contributed by atoms with Gasteiger partial charge in [-0.05, 0) is 65.7 Å². The lowest BCUT2D eigenvalue weighted by Crippen LogP contribution is -2.48. The molecule has 1 aliphatic rings. The van der Waals surface area contributed by atoms with Gasteiger partial charge in [0.25, 0.3) is 0 Å². The molecular weight excluding hydrogens is 356 g/mol. The molecule has 1 saturated carbocycles. The van der Waals surface area contributed by atoms with Crippen molar-refractivity contribution in [2.24, 2.45) is 10.9 Å². The smallest absolute Gasteiger partial charge is 0.407 e. The predicted octanol–water partition coefficient (Wildman–Crippen LogP) is 3.44. The summed E-state index contributed by atoms with van der Waals surface area (Å²) < 4.78 is 11.1. The SMILES string of the molecule is CCOC(CCNC(=NC)NC1CCC(NC(=O)OC(C)(C)C)CC1)C(C)C. The maximum absolute atomic E-state index is 11.9. The van der Waals surface area contributed by atoms with E-state index in [2.05, 4.69) is 34.8 Å². The molecule has 28 heavy (non-hydrogen) atoms. The maximum Gasteiger partial charge on any atom is 0.407 e. The fourth-order valence-corrected chi connectivity index (χ4v) is 3.40. The summed E-state index contributed by atoms with van der Waals surface area (Å²) in [6.07, 6.45) is 4.77. The lowest BCUT2D eigenvalue weighted by Gasteiger charge is -2.31. The molecule has 0 bridgehead atoms. The largest absolute Gasteiger partial charge is 0.444 e. The maximum atomic E-state index is 11.9. The van der Waals surface area contributed by atoms with Gasteiger partial charge in [-0.1, -0.05) is 13.8 Å². The van der Waals surface area contributed by atoms with E-state index in [9.17, 15) is 4.79 Å². The number of alkyl carbamates (subject to hydrolysis) is 1. The second-order valence-corrected chi connectivity index (χ2v) is 8.86. The topological polar surface area (TPSA) is 84.0 Å². The Balaban J connectivity index is 2.31. The fraction of sp³-hybridized carbons (Fsp3) is 0.905. The minimum atomic E-state index is -0.461. The zero-order valence-electron chi connectivity index (χ0n) is 18.9. The van der Waals surface area contributed by atoms with Crippen LogP contribution in [0.15, 0.2) is 4.99 Å². The summed E-state index contributed by atoms with van der Waals surface area (Å²) in [4.78, 5) is 16.3. The number of hydrogen-bond donors (Lipinski definition) is 3. The Morgan fingerprint density at radius 2 is 1.68 bits per heavy atom. The van der Waals surface area contributed by atoms with Crippen LogP contribution in [0.25, 0.3) is 0 Å². The number of nitrogens with one attached hydrogen (secondary N) is 3. The quantitative estimate of drug-likeness (QED) is 0.431. The number of ether oxygens (including phenoxy) is 2. The van der Waals surface area contributed by atoms with Gasteiger partial charge in [0.15, 0.2) is 5.96 Å². The van der Waals surface area contributed by atoms with Crippen LogP contribution < -0.4 is 16.0 Å². The van der Waals surface area contributed by atoms with Crippen molar-refractivity contribution >= 4 is 12.1 Å². The molecule has 0 saturated heterocycles. The van der Waals surface area contributed by atoms with Crippen molar-refractivity contribution in [3.05, 3.63) is 0 Å². The minimum Gasteiger partial charge on any atom is -0.444 e. The Hall–Kier alpha value is -1.50. The molecule has 0 aliphatic heterocycles. The van der Waals surface area contributed by atoms with Crippen LogP contribution in [-0.2, 0) is 9.47 Å². The highest BCUT2D eigenvalue weighted by molar-refractivity contribution is 5.79. The molecule has 164 valence electrons. The average Bonchev–Trinajstić information content (AvgIpc) is 2.59. The fourth-order valence-electron chi connectivity index (χ4n) is 3.40. The van der Waals surface area contributed by atoms with Gasteiger partial charge in [-0.25, -0.2) is 4.79 Å². The van der Waals surface area contributed by atoms with Crippen LogP contribution >= 0.6 is 0 Å². The van der Waals surface area contributed by atoms with Gasteiger partial charge in [0.2, 0.25) is 0 Å². The van der Waals surface area contributed by atoms with E-state index < -0.39 is 5.60 Å². The van der Waals surface area contributed by atoms with Crippen molar-refractivity contribution in [2.75, 3.05) is 20.2 Å². The molecule has 1 unspecified atom stereocenters. The first-order chi connectivity index (χ1) is 13.1. The van der Waals surface area contributed by atoms with Gasteiger partial charge in [0, 0.05) is 32.3 Å². The molecule has 7 nitrogen and oxygen atoms in total. The number of guanidine groups is 1. The number of rotatable bonds is 8. The van der Waals surface area contributed by atoms with Crippen molar-refractivity contribution in [2.45, 2.75) is 97.4 Å². The number of carbonyl (C=O) groups excluding carboxylic acids is 1. The summed E-state index contributed by atoms with van der Waals surface area (Å²) in [5.74, 6) is 1.34. The molecule has 7 heteroatoms. The zero-order chi connectivity index (χ0) is 21.2. The molecule has 1 rings (SSSR count).